The number of rotatable bonds is 3. The highest BCUT2D eigenvalue weighted by Gasteiger charge is 2.25. The SMILES string of the molecule is NC1CCCN(CCN2CCCCC2)C1=O. The van der Waals surface area contributed by atoms with Gasteiger partial charge in [-0.05, 0) is 38.8 Å². The van der Waals surface area contributed by atoms with Crippen LogP contribution in [0.4, 0.5) is 0 Å². The number of hydrogen-bond acceptors (Lipinski definition) is 3. The van der Waals surface area contributed by atoms with E-state index in [-0.39, 0.29) is 11.9 Å². The molecule has 2 fully saturated rings. The summed E-state index contributed by atoms with van der Waals surface area (Å²) >= 11 is 0. The second-order valence-electron chi connectivity index (χ2n) is 4.98. The molecule has 0 radical (unpaired) electrons. The number of amides is 1. The number of hydrogen-bond donors (Lipinski definition) is 1. The molecule has 0 bridgehead atoms. The second kappa shape index (κ2) is 5.64. The Morgan fingerprint density at radius 3 is 2.56 bits per heavy atom. The Labute approximate surface area is 97.8 Å². The predicted octanol–water partition coefficient (Wildman–Crippen LogP) is 0.422. The van der Waals surface area contributed by atoms with Gasteiger partial charge in [-0.15, -0.1) is 0 Å². The summed E-state index contributed by atoms with van der Waals surface area (Å²) in [5.74, 6) is 0.156. The van der Waals surface area contributed by atoms with Crippen molar-refractivity contribution in [3.8, 4) is 0 Å². The first-order chi connectivity index (χ1) is 7.77. The average molecular weight is 225 g/mol. The average Bonchev–Trinajstić information content (AvgIpc) is 2.32. The minimum atomic E-state index is -0.241. The van der Waals surface area contributed by atoms with Crippen LogP contribution in [0.5, 0.6) is 0 Å². The Bertz CT molecular complexity index is 238. The summed E-state index contributed by atoms with van der Waals surface area (Å²) in [6.45, 7) is 5.20. The van der Waals surface area contributed by atoms with E-state index in [4.69, 9.17) is 5.73 Å². The Morgan fingerprint density at radius 1 is 1.06 bits per heavy atom. The van der Waals surface area contributed by atoms with Gasteiger partial charge in [-0.25, -0.2) is 0 Å². The number of nitrogens with two attached hydrogens (primary N) is 1. The van der Waals surface area contributed by atoms with Crippen LogP contribution < -0.4 is 5.73 Å². The van der Waals surface area contributed by atoms with Crippen molar-refractivity contribution in [2.45, 2.75) is 38.1 Å². The summed E-state index contributed by atoms with van der Waals surface area (Å²) in [7, 11) is 0. The minimum Gasteiger partial charge on any atom is -0.340 e. The highest BCUT2D eigenvalue weighted by Crippen LogP contribution is 2.11. The first kappa shape index (κ1) is 11.9. The van der Waals surface area contributed by atoms with E-state index in [1.54, 1.807) is 0 Å². The van der Waals surface area contributed by atoms with Crippen molar-refractivity contribution in [2.24, 2.45) is 5.73 Å². The minimum absolute atomic E-state index is 0.156. The van der Waals surface area contributed by atoms with Crippen LogP contribution >= 0.6 is 0 Å². The second-order valence-corrected chi connectivity index (χ2v) is 4.98. The number of piperidine rings is 2. The van der Waals surface area contributed by atoms with Crippen LogP contribution in [0, 0.1) is 0 Å². The molecule has 4 nitrogen and oxygen atoms in total. The zero-order chi connectivity index (χ0) is 11.4. The molecule has 2 rings (SSSR count). The van der Waals surface area contributed by atoms with Gasteiger partial charge in [0.25, 0.3) is 0 Å². The quantitative estimate of drug-likeness (QED) is 0.757. The molecule has 2 aliphatic rings. The molecular weight excluding hydrogens is 202 g/mol. The van der Waals surface area contributed by atoms with Gasteiger partial charge in [-0.1, -0.05) is 6.42 Å². The number of carbonyl (C=O) groups is 1. The standard InChI is InChI=1S/C12H23N3O/c13-11-5-4-8-15(12(11)16)10-9-14-6-2-1-3-7-14/h11H,1-10,13H2. The van der Waals surface area contributed by atoms with E-state index >= 15 is 0 Å². The van der Waals surface area contributed by atoms with Gasteiger partial charge >= 0.3 is 0 Å². The maximum Gasteiger partial charge on any atom is 0.239 e. The van der Waals surface area contributed by atoms with Crippen LogP contribution in [0.25, 0.3) is 0 Å². The van der Waals surface area contributed by atoms with Crippen molar-refractivity contribution in [3.63, 3.8) is 0 Å². The summed E-state index contributed by atoms with van der Waals surface area (Å²) in [6, 6.07) is -0.241. The predicted molar refractivity (Wildman–Crippen MR) is 64.1 cm³/mol. The van der Waals surface area contributed by atoms with E-state index in [0.29, 0.717) is 0 Å². The van der Waals surface area contributed by atoms with Crippen LogP contribution in [0.2, 0.25) is 0 Å². The van der Waals surface area contributed by atoms with Crippen molar-refractivity contribution < 1.29 is 4.79 Å². The highest BCUT2D eigenvalue weighted by atomic mass is 16.2. The van der Waals surface area contributed by atoms with Gasteiger partial charge in [-0.3, -0.25) is 4.79 Å². The van der Waals surface area contributed by atoms with Crippen LogP contribution in [0.15, 0.2) is 0 Å². The first-order valence-electron chi connectivity index (χ1n) is 6.54. The van der Waals surface area contributed by atoms with Crippen molar-refractivity contribution in [2.75, 3.05) is 32.7 Å². The molecule has 0 aromatic carbocycles. The fraction of sp³-hybridized carbons (Fsp3) is 0.917. The lowest BCUT2D eigenvalue weighted by molar-refractivity contribution is -0.135. The molecule has 1 unspecified atom stereocenters. The molecule has 0 spiro atoms. The number of carbonyl (C=O) groups excluding carboxylic acids is 1. The van der Waals surface area contributed by atoms with Crippen molar-refractivity contribution in [1.29, 1.82) is 0 Å². The Balaban J connectivity index is 1.73. The Kier molecular flexibility index (Phi) is 4.18. The molecule has 1 atom stereocenters. The van der Waals surface area contributed by atoms with E-state index in [1.165, 1.54) is 32.4 Å². The van der Waals surface area contributed by atoms with E-state index in [2.05, 4.69) is 4.90 Å². The van der Waals surface area contributed by atoms with Gasteiger partial charge in [-0.2, -0.15) is 0 Å². The van der Waals surface area contributed by atoms with E-state index in [0.717, 1.165) is 32.5 Å². The van der Waals surface area contributed by atoms with Crippen LogP contribution in [0.1, 0.15) is 32.1 Å². The van der Waals surface area contributed by atoms with Crippen LogP contribution in [-0.2, 0) is 4.79 Å². The van der Waals surface area contributed by atoms with E-state index < -0.39 is 0 Å². The number of likely N-dealkylation sites (tertiary alicyclic amines) is 2. The Morgan fingerprint density at radius 2 is 1.81 bits per heavy atom. The lowest BCUT2D eigenvalue weighted by Gasteiger charge is -2.33. The molecule has 16 heavy (non-hydrogen) atoms. The van der Waals surface area contributed by atoms with E-state index in [9.17, 15) is 4.79 Å². The van der Waals surface area contributed by atoms with Gasteiger partial charge in [0, 0.05) is 19.6 Å². The van der Waals surface area contributed by atoms with Gasteiger partial charge in [0.2, 0.25) is 5.91 Å². The first-order valence-corrected chi connectivity index (χ1v) is 6.54. The lowest BCUT2D eigenvalue weighted by atomic mass is 10.1. The molecule has 0 aliphatic carbocycles. The van der Waals surface area contributed by atoms with Gasteiger partial charge in [0.1, 0.15) is 0 Å². The van der Waals surface area contributed by atoms with Crippen LogP contribution in [-0.4, -0.2) is 54.5 Å². The zero-order valence-electron chi connectivity index (χ0n) is 10.0. The lowest BCUT2D eigenvalue weighted by Crippen LogP contribution is -2.50. The van der Waals surface area contributed by atoms with Gasteiger partial charge in [0.15, 0.2) is 0 Å². The van der Waals surface area contributed by atoms with Crippen molar-refractivity contribution in [1.82, 2.24) is 9.80 Å². The molecule has 2 N–H and O–H groups in total. The Hall–Kier alpha value is -0.610. The maximum absolute atomic E-state index is 11.8. The smallest absolute Gasteiger partial charge is 0.239 e. The summed E-state index contributed by atoms with van der Waals surface area (Å²) in [5, 5.41) is 0. The molecule has 2 aliphatic heterocycles. The van der Waals surface area contributed by atoms with Crippen molar-refractivity contribution in [3.05, 3.63) is 0 Å². The molecule has 0 aromatic heterocycles. The molecule has 92 valence electrons. The molecule has 2 saturated heterocycles. The third-order valence-corrected chi connectivity index (χ3v) is 3.71. The summed E-state index contributed by atoms with van der Waals surface area (Å²) in [6.07, 6.45) is 5.91. The van der Waals surface area contributed by atoms with Crippen molar-refractivity contribution >= 4 is 5.91 Å². The maximum atomic E-state index is 11.8. The van der Waals surface area contributed by atoms with E-state index in [1.807, 2.05) is 4.90 Å². The monoisotopic (exact) mass is 225 g/mol. The fourth-order valence-corrected chi connectivity index (χ4v) is 2.64. The largest absolute Gasteiger partial charge is 0.340 e. The van der Waals surface area contributed by atoms with Crippen LogP contribution in [0.3, 0.4) is 0 Å². The third-order valence-electron chi connectivity index (χ3n) is 3.71. The molecule has 0 saturated carbocycles. The highest BCUT2D eigenvalue weighted by molar-refractivity contribution is 5.82. The molecular formula is C12H23N3O. The molecule has 4 heteroatoms. The molecule has 1 amide bonds. The summed E-state index contributed by atoms with van der Waals surface area (Å²) in [4.78, 5) is 16.2. The zero-order valence-corrected chi connectivity index (χ0v) is 10.0. The fourth-order valence-electron chi connectivity index (χ4n) is 2.64. The van der Waals surface area contributed by atoms with Gasteiger partial charge < -0.3 is 15.5 Å². The molecule has 2 heterocycles. The number of nitrogens with zero attached hydrogens (tertiary/aromatic N) is 2. The summed E-state index contributed by atoms with van der Waals surface area (Å²) in [5.41, 5.74) is 5.77. The topological polar surface area (TPSA) is 49.6 Å². The third kappa shape index (κ3) is 2.95. The normalized spacial score (nSPS) is 28.4. The van der Waals surface area contributed by atoms with Gasteiger partial charge in [0.05, 0.1) is 6.04 Å². The molecule has 0 aromatic rings. The summed E-state index contributed by atoms with van der Waals surface area (Å²) < 4.78 is 0.